The van der Waals surface area contributed by atoms with Gasteiger partial charge in [0.25, 0.3) is 0 Å². The molecule has 1 aliphatic rings. The van der Waals surface area contributed by atoms with Gasteiger partial charge in [0, 0.05) is 22.1 Å². The first-order valence-electron chi connectivity index (χ1n) is 6.29. The van der Waals surface area contributed by atoms with Gasteiger partial charge in [0.05, 0.1) is 16.5 Å². The Labute approximate surface area is 128 Å². The van der Waals surface area contributed by atoms with Crippen molar-refractivity contribution in [2.75, 3.05) is 0 Å². The third-order valence-electron chi connectivity index (χ3n) is 3.57. The third kappa shape index (κ3) is 2.23. The molecule has 0 fully saturated rings. The maximum atomic E-state index is 12.5. The van der Waals surface area contributed by atoms with Crippen molar-refractivity contribution in [2.45, 2.75) is 25.3 Å². The Morgan fingerprint density at radius 3 is 2.85 bits per heavy atom. The minimum Gasteiger partial charge on any atom is -0.481 e. The lowest BCUT2D eigenvalue weighted by Gasteiger charge is -2.23. The number of hydrogen-bond acceptors (Lipinski definition) is 3. The Morgan fingerprint density at radius 2 is 2.20 bits per heavy atom. The van der Waals surface area contributed by atoms with Gasteiger partial charge in [-0.15, -0.1) is 11.3 Å². The highest BCUT2D eigenvalue weighted by atomic mass is 79.9. The first-order chi connectivity index (χ1) is 9.58. The molecule has 1 aliphatic heterocycles. The number of carboxylic acids is 1. The number of fused-ring (bicyclic) bond motifs is 1. The second-order valence-corrected chi connectivity index (χ2v) is 6.61. The number of aliphatic carboxylic acids is 1. The normalized spacial score (nSPS) is 17.8. The van der Waals surface area contributed by atoms with Crippen LogP contribution in [0.4, 0.5) is 0 Å². The second-order valence-electron chi connectivity index (χ2n) is 4.79. The Bertz CT molecular complexity index is 688. The molecule has 0 amide bonds. The number of rotatable bonds is 3. The number of nitrogens with zero attached hydrogens (tertiary/aromatic N) is 1. The second kappa shape index (κ2) is 5.18. The highest BCUT2D eigenvalue weighted by molar-refractivity contribution is 9.10. The molecule has 0 bridgehead atoms. The molecular weight excluding hydrogens is 342 g/mol. The van der Waals surface area contributed by atoms with Crippen molar-refractivity contribution in [2.24, 2.45) is 0 Å². The first kappa shape index (κ1) is 13.6. The number of carbonyl (C=O) groups excluding carboxylic acids is 1. The predicted molar refractivity (Wildman–Crippen MR) is 79.5 cm³/mol. The fourth-order valence-corrected chi connectivity index (χ4v) is 4.02. The number of thiophene rings is 1. The summed E-state index contributed by atoms with van der Waals surface area (Å²) in [6, 6.07) is 5.31. The van der Waals surface area contributed by atoms with Crippen molar-refractivity contribution in [1.29, 1.82) is 0 Å². The molecule has 0 radical (unpaired) electrons. The molecule has 0 aromatic carbocycles. The van der Waals surface area contributed by atoms with Crippen LogP contribution in [0.3, 0.4) is 0 Å². The van der Waals surface area contributed by atoms with Crippen LogP contribution in [0.5, 0.6) is 0 Å². The monoisotopic (exact) mass is 353 g/mol. The number of hydrogen-bond donors (Lipinski definition) is 1. The lowest BCUT2D eigenvalue weighted by atomic mass is 9.96. The molecule has 3 heterocycles. The van der Waals surface area contributed by atoms with E-state index >= 15 is 0 Å². The smallest absolute Gasteiger partial charge is 0.312 e. The molecular formula is C14H12BrNO3S. The van der Waals surface area contributed by atoms with Gasteiger partial charge in [0.1, 0.15) is 0 Å². The number of halogens is 1. The van der Waals surface area contributed by atoms with E-state index in [1.54, 1.807) is 18.2 Å². The van der Waals surface area contributed by atoms with Gasteiger partial charge in [-0.2, -0.15) is 0 Å². The molecule has 0 saturated carbocycles. The molecule has 20 heavy (non-hydrogen) atoms. The Kier molecular flexibility index (Phi) is 3.52. The summed E-state index contributed by atoms with van der Waals surface area (Å²) in [7, 11) is 0. The van der Waals surface area contributed by atoms with Crippen molar-refractivity contribution in [3.05, 3.63) is 44.3 Å². The summed E-state index contributed by atoms with van der Waals surface area (Å²) in [4.78, 5) is 24.4. The van der Waals surface area contributed by atoms with E-state index in [0.717, 1.165) is 16.6 Å². The number of carboxylic acid groups (broad SMARTS) is 1. The third-order valence-corrected chi connectivity index (χ3v) is 5.26. The molecule has 2 aromatic rings. The maximum absolute atomic E-state index is 12.5. The van der Waals surface area contributed by atoms with Crippen molar-refractivity contribution < 1.29 is 14.7 Å². The van der Waals surface area contributed by atoms with E-state index in [-0.39, 0.29) is 5.78 Å². The topological polar surface area (TPSA) is 59.3 Å². The average Bonchev–Trinajstić information content (AvgIpc) is 3.03. The van der Waals surface area contributed by atoms with Gasteiger partial charge in [-0.25, -0.2) is 0 Å². The summed E-state index contributed by atoms with van der Waals surface area (Å²) in [6.07, 6.45) is 1.42. The van der Waals surface area contributed by atoms with Crippen LogP contribution in [0.25, 0.3) is 0 Å². The lowest BCUT2D eigenvalue weighted by Crippen LogP contribution is -2.23. The summed E-state index contributed by atoms with van der Waals surface area (Å²) < 4.78 is 2.75. The lowest BCUT2D eigenvalue weighted by molar-refractivity contribution is -0.139. The molecule has 2 aromatic heterocycles. The van der Waals surface area contributed by atoms with Crippen LogP contribution < -0.4 is 0 Å². The van der Waals surface area contributed by atoms with Crippen molar-refractivity contribution in [3.8, 4) is 0 Å². The van der Waals surface area contributed by atoms with E-state index in [9.17, 15) is 14.7 Å². The highest BCUT2D eigenvalue weighted by Gasteiger charge is 2.29. The highest BCUT2D eigenvalue weighted by Crippen LogP contribution is 2.31. The Balaban J connectivity index is 2.00. The van der Waals surface area contributed by atoms with Gasteiger partial charge >= 0.3 is 5.97 Å². The van der Waals surface area contributed by atoms with Crippen LogP contribution in [0.2, 0.25) is 0 Å². The number of ketones is 1. The largest absolute Gasteiger partial charge is 0.481 e. The van der Waals surface area contributed by atoms with Crippen LogP contribution in [-0.2, 0) is 11.3 Å². The summed E-state index contributed by atoms with van der Waals surface area (Å²) in [5, 5.41) is 11.1. The van der Waals surface area contributed by atoms with Crippen LogP contribution in [0, 0.1) is 0 Å². The van der Waals surface area contributed by atoms with Crippen LogP contribution in [0.1, 0.15) is 39.8 Å². The van der Waals surface area contributed by atoms with Crippen LogP contribution in [-0.4, -0.2) is 21.4 Å². The molecule has 4 nitrogen and oxygen atoms in total. The molecule has 0 aliphatic carbocycles. The molecule has 1 unspecified atom stereocenters. The van der Waals surface area contributed by atoms with Gasteiger partial charge in [-0.05, 0) is 47.0 Å². The average molecular weight is 354 g/mol. The van der Waals surface area contributed by atoms with Gasteiger partial charge in [0.2, 0.25) is 5.78 Å². The van der Waals surface area contributed by atoms with E-state index < -0.39 is 11.9 Å². The summed E-state index contributed by atoms with van der Waals surface area (Å²) >= 11 is 4.73. The minimum atomic E-state index is -0.818. The summed E-state index contributed by atoms with van der Waals surface area (Å²) in [5.74, 6) is -1.36. The molecule has 3 rings (SSSR count). The van der Waals surface area contributed by atoms with E-state index in [4.69, 9.17) is 0 Å². The van der Waals surface area contributed by atoms with Gasteiger partial charge in [-0.1, -0.05) is 0 Å². The molecule has 6 heteroatoms. The quantitative estimate of drug-likeness (QED) is 0.859. The maximum Gasteiger partial charge on any atom is 0.312 e. The van der Waals surface area contributed by atoms with Gasteiger partial charge < -0.3 is 9.67 Å². The zero-order valence-electron chi connectivity index (χ0n) is 10.5. The zero-order valence-corrected chi connectivity index (χ0v) is 12.9. The van der Waals surface area contributed by atoms with E-state index in [2.05, 4.69) is 15.9 Å². The molecule has 0 saturated heterocycles. The molecule has 1 atom stereocenters. The van der Waals surface area contributed by atoms with Gasteiger partial charge in [0.15, 0.2) is 0 Å². The van der Waals surface area contributed by atoms with Crippen molar-refractivity contribution in [1.82, 2.24) is 4.57 Å². The molecule has 104 valence electrons. The molecule has 0 spiro atoms. The van der Waals surface area contributed by atoms with Crippen molar-refractivity contribution in [3.63, 3.8) is 0 Å². The zero-order chi connectivity index (χ0) is 14.3. The fourth-order valence-electron chi connectivity index (χ4n) is 2.65. The predicted octanol–water partition coefficient (Wildman–Crippen LogP) is 3.51. The SMILES string of the molecule is O=C(c1cc(Br)cs1)c1ccc2n1CCCC2C(=O)O. The summed E-state index contributed by atoms with van der Waals surface area (Å²) in [5.41, 5.74) is 1.32. The standard InChI is InChI=1S/C14H12BrNO3S/c15-8-6-12(20-7-8)13(17)11-4-3-10-9(14(18)19)2-1-5-16(10)11/h3-4,6-7,9H,1-2,5H2,(H,18,19). The minimum absolute atomic E-state index is 0.0435. The van der Waals surface area contributed by atoms with E-state index in [0.29, 0.717) is 23.5 Å². The number of carbonyl (C=O) groups is 2. The van der Waals surface area contributed by atoms with Crippen LogP contribution >= 0.6 is 27.3 Å². The van der Waals surface area contributed by atoms with E-state index in [1.807, 2.05) is 9.95 Å². The Hall–Kier alpha value is -1.40. The summed E-state index contributed by atoms with van der Waals surface area (Å²) in [6.45, 7) is 0.708. The molecule has 1 N–H and O–H groups in total. The number of aromatic nitrogens is 1. The van der Waals surface area contributed by atoms with Crippen LogP contribution in [0.15, 0.2) is 28.1 Å². The van der Waals surface area contributed by atoms with Gasteiger partial charge in [-0.3, -0.25) is 9.59 Å². The van der Waals surface area contributed by atoms with Crippen molar-refractivity contribution >= 4 is 39.0 Å². The fraction of sp³-hybridized carbons (Fsp3) is 0.286. The first-order valence-corrected chi connectivity index (χ1v) is 7.96. The van der Waals surface area contributed by atoms with E-state index in [1.165, 1.54) is 11.3 Å². The Morgan fingerprint density at radius 1 is 1.40 bits per heavy atom.